The largest absolute Gasteiger partial charge is 0.325 e. The Bertz CT molecular complexity index is 739. The minimum atomic E-state index is 0.483. The van der Waals surface area contributed by atoms with Crippen LogP contribution in [0.3, 0.4) is 0 Å². The Morgan fingerprint density at radius 1 is 1.10 bits per heavy atom. The molecule has 0 aliphatic heterocycles. The van der Waals surface area contributed by atoms with Crippen molar-refractivity contribution in [2.24, 2.45) is 5.73 Å². The van der Waals surface area contributed by atoms with E-state index < -0.39 is 0 Å². The maximum Gasteiger partial charge on any atom is 0.137 e. The highest BCUT2D eigenvalue weighted by molar-refractivity contribution is 5.67. The van der Waals surface area contributed by atoms with Crippen molar-refractivity contribution in [2.75, 3.05) is 0 Å². The van der Waals surface area contributed by atoms with Gasteiger partial charge in [-0.3, -0.25) is 4.40 Å². The van der Waals surface area contributed by atoms with Crippen molar-refractivity contribution in [3.8, 4) is 11.3 Å². The van der Waals surface area contributed by atoms with Crippen molar-refractivity contribution in [1.29, 1.82) is 0 Å². The predicted octanol–water partition coefficient (Wildman–Crippen LogP) is 3.33. The van der Waals surface area contributed by atoms with Gasteiger partial charge in [0.25, 0.3) is 0 Å². The number of aromatic nitrogens is 2. The number of benzene rings is 1. The van der Waals surface area contributed by atoms with Crippen LogP contribution in [0.2, 0.25) is 0 Å². The minimum Gasteiger partial charge on any atom is -0.325 e. The standard InChI is InChI=1S/C17H19N3/c1-3-13-7-9-14(10-8-13)17-15(11-18)20-12(2)5-4-6-16(20)19-17/h4-10H,3,11,18H2,1-2H3. The number of hydrogen-bond donors (Lipinski definition) is 1. The third-order valence-corrected chi connectivity index (χ3v) is 3.76. The molecular formula is C17H19N3. The molecule has 102 valence electrons. The van der Waals surface area contributed by atoms with E-state index in [1.807, 2.05) is 12.1 Å². The molecule has 20 heavy (non-hydrogen) atoms. The van der Waals surface area contributed by atoms with Gasteiger partial charge in [0.05, 0.1) is 11.4 Å². The highest BCUT2D eigenvalue weighted by atomic mass is 15.0. The molecule has 0 saturated carbocycles. The zero-order valence-corrected chi connectivity index (χ0v) is 11.9. The van der Waals surface area contributed by atoms with Crippen LogP contribution in [0.25, 0.3) is 16.9 Å². The Balaban J connectivity index is 2.22. The Kier molecular flexibility index (Phi) is 3.28. The van der Waals surface area contributed by atoms with Crippen molar-refractivity contribution in [3.05, 3.63) is 59.4 Å². The van der Waals surface area contributed by atoms with Gasteiger partial charge in [0.1, 0.15) is 5.65 Å². The van der Waals surface area contributed by atoms with Crippen LogP contribution in [-0.2, 0) is 13.0 Å². The van der Waals surface area contributed by atoms with E-state index in [1.165, 1.54) is 5.56 Å². The zero-order chi connectivity index (χ0) is 14.1. The SMILES string of the molecule is CCc1ccc(-c2nc3cccc(C)n3c2CN)cc1. The fraction of sp³-hybridized carbons (Fsp3) is 0.235. The smallest absolute Gasteiger partial charge is 0.137 e. The molecule has 2 N–H and O–H groups in total. The number of fused-ring (bicyclic) bond motifs is 1. The third kappa shape index (κ3) is 2.00. The highest BCUT2D eigenvalue weighted by Gasteiger charge is 2.13. The molecule has 1 aromatic carbocycles. The van der Waals surface area contributed by atoms with Gasteiger partial charge in [0.15, 0.2) is 0 Å². The molecule has 0 saturated heterocycles. The van der Waals surface area contributed by atoms with Gasteiger partial charge in [-0.15, -0.1) is 0 Å². The summed E-state index contributed by atoms with van der Waals surface area (Å²) in [6.07, 6.45) is 1.05. The molecule has 3 nitrogen and oxygen atoms in total. The first-order valence-corrected chi connectivity index (χ1v) is 7.01. The third-order valence-electron chi connectivity index (χ3n) is 3.76. The first-order valence-electron chi connectivity index (χ1n) is 7.01. The molecule has 3 rings (SSSR count). The van der Waals surface area contributed by atoms with E-state index in [1.54, 1.807) is 0 Å². The van der Waals surface area contributed by atoms with Crippen molar-refractivity contribution < 1.29 is 0 Å². The van der Waals surface area contributed by atoms with E-state index in [0.717, 1.165) is 34.7 Å². The number of imidazole rings is 1. The Hall–Kier alpha value is -2.13. The summed E-state index contributed by atoms with van der Waals surface area (Å²) in [4.78, 5) is 4.75. The summed E-state index contributed by atoms with van der Waals surface area (Å²) < 4.78 is 2.14. The second-order valence-corrected chi connectivity index (χ2v) is 5.02. The molecule has 0 unspecified atom stereocenters. The maximum atomic E-state index is 5.96. The second kappa shape index (κ2) is 5.10. The lowest BCUT2D eigenvalue weighted by Gasteiger charge is -2.05. The van der Waals surface area contributed by atoms with Crippen LogP contribution in [0, 0.1) is 6.92 Å². The molecule has 0 amide bonds. The van der Waals surface area contributed by atoms with Crippen LogP contribution in [0.1, 0.15) is 23.9 Å². The molecule has 3 aromatic rings. The molecule has 3 heteroatoms. The summed E-state index contributed by atoms with van der Waals surface area (Å²) in [5.74, 6) is 0. The lowest BCUT2D eigenvalue weighted by Crippen LogP contribution is -2.04. The number of nitrogens with zero attached hydrogens (tertiary/aromatic N) is 2. The quantitative estimate of drug-likeness (QED) is 0.789. The number of hydrogen-bond acceptors (Lipinski definition) is 2. The zero-order valence-electron chi connectivity index (χ0n) is 11.9. The summed E-state index contributed by atoms with van der Waals surface area (Å²) in [6.45, 7) is 4.73. The molecule has 0 bridgehead atoms. The summed E-state index contributed by atoms with van der Waals surface area (Å²) in [7, 11) is 0. The van der Waals surface area contributed by atoms with E-state index in [2.05, 4.69) is 48.6 Å². The predicted molar refractivity (Wildman–Crippen MR) is 82.6 cm³/mol. The minimum absolute atomic E-state index is 0.483. The Morgan fingerprint density at radius 3 is 2.50 bits per heavy atom. The van der Waals surface area contributed by atoms with Crippen molar-refractivity contribution in [1.82, 2.24) is 9.38 Å². The van der Waals surface area contributed by atoms with Crippen molar-refractivity contribution >= 4 is 5.65 Å². The van der Waals surface area contributed by atoms with Crippen LogP contribution in [0.15, 0.2) is 42.5 Å². The van der Waals surface area contributed by atoms with Gasteiger partial charge in [0, 0.05) is 17.8 Å². The van der Waals surface area contributed by atoms with Crippen molar-refractivity contribution in [2.45, 2.75) is 26.8 Å². The van der Waals surface area contributed by atoms with E-state index in [9.17, 15) is 0 Å². The Morgan fingerprint density at radius 2 is 1.85 bits per heavy atom. The average Bonchev–Trinajstić information content (AvgIpc) is 2.87. The van der Waals surface area contributed by atoms with Gasteiger partial charge in [-0.1, -0.05) is 37.3 Å². The van der Waals surface area contributed by atoms with Crippen LogP contribution in [-0.4, -0.2) is 9.38 Å². The Labute approximate surface area is 119 Å². The van der Waals surface area contributed by atoms with E-state index in [0.29, 0.717) is 6.54 Å². The highest BCUT2D eigenvalue weighted by Crippen LogP contribution is 2.25. The van der Waals surface area contributed by atoms with Crippen LogP contribution < -0.4 is 5.73 Å². The van der Waals surface area contributed by atoms with Crippen LogP contribution in [0.4, 0.5) is 0 Å². The molecule has 0 atom stereocenters. The molecule has 0 radical (unpaired) electrons. The lowest BCUT2D eigenvalue weighted by atomic mass is 10.1. The van der Waals surface area contributed by atoms with Crippen LogP contribution in [0.5, 0.6) is 0 Å². The molecule has 0 fully saturated rings. The van der Waals surface area contributed by atoms with Gasteiger partial charge in [0.2, 0.25) is 0 Å². The molecule has 2 heterocycles. The summed E-state index contributed by atoms with van der Waals surface area (Å²) in [5, 5.41) is 0. The first-order chi connectivity index (χ1) is 9.74. The number of pyridine rings is 1. The van der Waals surface area contributed by atoms with Crippen molar-refractivity contribution in [3.63, 3.8) is 0 Å². The normalized spacial score (nSPS) is 11.2. The molecule has 0 spiro atoms. The number of aryl methyl sites for hydroxylation is 2. The fourth-order valence-electron chi connectivity index (χ4n) is 2.64. The molecule has 2 aromatic heterocycles. The van der Waals surface area contributed by atoms with Gasteiger partial charge >= 0.3 is 0 Å². The van der Waals surface area contributed by atoms with Gasteiger partial charge < -0.3 is 5.73 Å². The van der Waals surface area contributed by atoms with E-state index in [4.69, 9.17) is 10.7 Å². The summed E-state index contributed by atoms with van der Waals surface area (Å²) in [5.41, 5.74) is 12.6. The average molecular weight is 265 g/mol. The van der Waals surface area contributed by atoms with E-state index in [-0.39, 0.29) is 0 Å². The summed E-state index contributed by atoms with van der Waals surface area (Å²) >= 11 is 0. The topological polar surface area (TPSA) is 43.3 Å². The second-order valence-electron chi connectivity index (χ2n) is 5.02. The monoisotopic (exact) mass is 265 g/mol. The van der Waals surface area contributed by atoms with Gasteiger partial charge in [-0.2, -0.15) is 0 Å². The van der Waals surface area contributed by atoms with Gasteiger partial charge in [-0.25, -0.2) is 4.98 Å². The number of rotatable bonds is 3. The van der Waals surface area contributed by atoms with Gasteiger partial charge in [-0.05, 0) is 31.0 Å². The number of nitrogens with two attached hydrogens (primary N) is 1. The lowest BCUT2D eigenvalue weighted by molar-refractivity contribution is 0.935. The molecule has 0 aliphatic carbocycles. The molecular weight excluding hydrogens is 246 g/mol. The maximum absolute atomic E-state index is 5.96. The van der Waals surface area contributed by atoms with Crippen LogP contribution >= 0.6 is 0 Å². The first kappa shape index (κ1) is 12.9. The summed E-state index contributed by atoms with van der Waals surface area (Å²) in [6, 6.07) is 14.7. The fourth-order valence-corrected chi connectivity index (χ4v) is 2.64. The molecule has 0 aliphatic rings. The van der Waals surface area contributed by atoms with E-state index >= 15 is 0 Å².